The van der Waals surface area contributed by atoms with Gasteiger partial charge in [-0.05, 0) is 28.8 Å². The average molecular weight is 306 g/mol. The molecule has 2 heteroatoms. The molecule has 2 aromatic heterocycles. The third kappa shape index (κ3) is 1.27. The molecule has 6 rings (SSSR count). The molecule has 24 heavy (non-hydrogen) atoms. The molecule has 1 aliphatic rings. The Morgan fingerprint density at radius 3 is 2.42 bits per heavy atom. The zero-order chi connectivity index (χ0) is 15.8. The van der Waals surface area contributed by atoms with Crippen molar-refractivity contribution in [3.63, 3.8) is 0 Å². The van der Waals surface area contributed by atoms with Crippen LogP contribution in [0.25, 0.3) is 55.1 Å². The molecule has 2 heterocycles. The first-order valence-electron chi connectivity index (χ1n) is 8.24. The largest absolute Gasteiger partial charge is 0.342 e. The monoisotopic (exact) mass is 306 g/mol. The van der Waals surface area contributed by atoms with Crippen LogP contribution in [0.15, 0.2) is 66.7 Å². The Morgan fingerprint density at radius 2 is 1.50 bits per heavy atom. The lowest BCUT2D eigenvalue weighted by Crippen LogP contribution is -1.91. The minimum absolute atomic E-state index is 1.09. The Kier molecular flexibility index (Phi) is 2.07. The van der Waals surface area contributed by atoms with Gasteiger partial charge in [-0.1, -0.05) is 54.6 Å². The lowest BCUT2D eigenvalue weighted by Gasteiger charge is -2.06. The smallest absolute Gasteiger partial charge is 0.0973 e. The summed E-state index contributed by atoms with van der Waals surface area (Å²) in [6, 6.07) is 23.7. The van der Waals surface area contributed by atoms with Gasteiger partial charge in [0.15, 0.2) is 0 Å². The third-order valence-electron chi connectivity index (χ3n) is 5.33. The lowest BCUT2D eigenvalue weighted by atomic mass is 10.0. The summed E-state index contributed by atoms with van der Waals surface area (Å²) >= 11 is 0. The molecular formula is C22H14N2. The highest BCUT2D eigenvalue weighted by Gasteiger charge is 2.26. The molecule has 3 aromatic carbocycles. The average Bonchev–Trinajstić information content (AvgIpc) is 3.11. The molecule has 0 amide bonds. The summed E-state index contributed by atoms with van der Waals surface area (Å²) in [5.74, 6) is 0. The molecule has 112 valence electrons. The molecule has 0 N–H and O–H groups in total. The van der Waals surface area contributed by atoms with Crippen LogP contribution in [0.2, 0.25) is 0 Å². The number of aryl methyl sites for hydroxylation is 1. The maximum absolute atomic E-state index is 5.05. The lowest BCUT2D eigenvalue weighted by molar-refractivity contribution is 1.01. The van der Waals surface area contributed by atoms with Crippen LogP contribution in [-0.4, -0.2) is 9.55 Å². The van der Waals surface area contributed by atoms with Crippen molar-refractivity contribution < 1.29 is 0 Å². The zero-order valence-electron chi connectivity index (χ0n) is 13.2. The molecule has 0 unspecified atom stereocenters. The molecular weight excluding hydrogens is 292 g/mol. The fourth-order valence-electron chi connectivity index (χ4n) is 4.33. The Hall–Kier alpha value is -3.13. The van der Waals surface area contributed by atoms with Crippen molar-refractivity contribution in [2.45, 2.75) is 0 Å². The van der Waals surface area contributed by atoms with Gasteiger partial charge in [-0.2, -0.15) is 0 Å². The fourth-order valence-corrected chi connectivity index (χ4v) is 4.33. The second-order valence-electron chi connectivity index (χ2n) is 6.51. The summed E-state index contributed by atoms with van der Waals surface area (Å²) in [6.45, 7) is 0. The standard InChI is InChI=1S/C22H14N2/c1-24-18-12-5-4-9-16(18)21-22(24)20-15-8-3-2-7-13(15)14-10-6-11-17(23-21)19(14)20/h2-12H,1H3. The number of rotatable bonds is 0. The molecule has 0 fully saturated rings. The highest BCUT2D eigenvalue weighted by Crippen LogP contribution is 2.50. The van der Waals surface area contributed by atoms with Crippen LogP contribution in [0.5, 0.6) is 0 Å². The number of benzene rings is 3. The highest BCUT2D eigenvalue weighted by molar-refractivity contribution is 6.24. The SMILES string of the molecule is Cn1c2ccccc2c2nc3cccc4c3c(c21)-c1ccccc1-4. The van der Waals surface area contributed by atoms with Gasteiger partial charge in [0.1, 0.15) is 0 Å². The van der Waals surface area contributed by atoms with Gasteiger partial charge in [-0.15, -0.1) is 0 Å². The normalized spacial score (nSPS) is 12.4. The Morgan fingerprint density at radius 1 is 0.750 bits per heavy atom. The third-order valence-corrected chi connectivity index (χ3v) is 5.33. The van der Waals surface area contributed by atoms with Crippen LogP contribution < -0.4 is 0 Å². The van der Waals surface area contributed by atoms with E-state index in [9.17, 15) is 0 Å². The molecule has 1 aliphatic carbocycles. The van der Waals surface area contributed by atoms with E-state index in [1.807, 2.05) is 0 Å². The summed E-state index contributed by atoms with van der Waals surface area (Å²) in [5.41, 5.74) is 9.93. The molecule has 0 spiro atoms. The number of para-hydroxylation sites is 1. The van der Waals surface area contributed by atoms with Gasteiger partial charge in [0.2, 0.25) is 0 Å². The van der Waals surface area contributed by atoms with Crippen LogP contribution >= 0.6 is 0 Å². The number of fused-ring (bicyclic) bond motifs is 7. The van der Waals surface area contributed by atoms with Crippen molar-refractivity contribution in [1.82, 2.24) is 9.55 Å². The van der Waals surface area contributed by atoms with Gasteiger partial charge in [-0.25, -0.2) is 4.98 Å². The van der Waals surface area contributed by atoms with E-state index in [1.165, 1.54) is 44.1 Å². The topological polar surface area (TPSA) is 17.8 Å². The van der Waals surface area contributed by atoms with E-state index in [4.69, 9.17) is 4.98 Å². The maximum Gasteiger partial charge on any atom is 0.0973 e. The Labute approximate surface area is 139 Å². The zero-order valence-corrected chi connectivity index (χ0v) is 13.2. The van der Waals surface area contributed by atoms with Crippen LogP contribution in [0, 0.1) is 0 Å². The predicted molar refractivity (Wildman–Crippen MR) is 100 cm³/mol. The Balaban J connectivity index is 2.00. The van der Waals surface area contributed by atoms with Gasteiger partial charge in [0, 0.05) is 23.4 Å². The van der Waals surface area contributed by atoms with E-state index in [0.717, 1.165) is 11.0 Å². The highest BCUT2D eigenvalue weighted by atomic mass is 15.0. The summed E-state index contributed by atoms with van der Waals surface area (Å²) in [7, 11) is 2.15. The van der Waals surface area contributed by atoms with E-state index in [0.29, 0.717) is 0 Å². The van der Waals surface area contributed by atoms with E-state index in [1.54, 1.807) is 0 Å². The molecule has 0 atom stereocenters. The minimum Gasteiger partial charge on any atom is -0.342 e. The first kappa shape index (κ1) is 12.3. The molecule has 0 saturated heterocycles. The van der Waals surface area contributed by atoms with Crippen molar-refractivity contribution in [1.29, 1.82) is 0 Å². The molecule has 0 aliphatic heterocycles. The molecule has 5 aromatic rings. The molecule has 0 saturated carbocycles. The molecule has 0 radical (unpaired) electrons. The quantitative estimate of drug-likeness (QED) is 0.361. The van der Waals surface area contributed by atoms with Gasteiger partial charge in [0.05, 0.1) is 22.1 Å². The van der Waals surface area contributed by atoms with Crippen LogP contribution in [-0.2, 0) is 7.05 Å². The van der Waals surface area contributed by atoms with Gasteiger partial charge in [-0.3, -0.25) is 0 Å². The van der Waals surface area contributed by atoms with E-state index >= 15 is 0 Å². The minimum atomic E-state index is 1.09. The van der Waals surface area contributed by atoms with Crippen molar-refractivity contribution in [3.8, 4) is 22.3 Å². The van der Waals surface area contributed by atoms with Crippen molar-refractivity contribution in [2.75, 3.05) is 0 Å². The predicted octanol–water partition coefficient (Wildman–Crippen LogP) is 5.53. The molecule has 0 bridgehead atoms. The van der Waals surface area contributed by atoms with Gasteiger partial charge < -0.3 is 4.57 Å². The second kappa shape index (κ2) is 4.04. The maximum atomic E-state index is 5.05. The van der Waals surface area contributed by atoms with E-state index in [-0.39, 0.29) is 0 Å². The van der Waals surface area contributed by atoms with Crippen molar-refractivity contribution in [3.05, 3.63) is 66.7 Å². The first-order valence-corrected chi connectivity index (χ1v) is 8.24. The van der Waals surface area contributed by atoms with Crippen LogP contribution in [0.1, 0.15) is 0 Å². The van der Waals surface area contributed by atoms with E-state index in [2.05, 4.69) is 78.3 Å². The van der Waals surface area contributed by atoms with Crippen LogP contribution in [0.4, 0.5) is 0 Å². The van der Waals surface area contributed by atoms with Gasteiger partial charge >= 0.3 is 0 Å². The Bertz CT molecular complexity index is 1310. The van der Waals surface area contributed by atoms with Gasteiger partial charge in [0.25, 0.3) is 0 Å². The fraction of sp³-hybridized carbons (Fsp3) is 0.0455. The van der Waals surface area contributed by atoms with Crippen molar-refractivity contribution >= 4 is 32.8 Å². The van der Waals surface area contributed by atoms with E-state index < -0.39 is 0 Å². The number of nitrogens with zero attached hydrogens (tertiary/aromatic N) is 2. The summed E-state index contributed by atoms with van der Waals surface area (Å²) in [4.78, 5) is 5.05. The number of aromatic nitrogens is 2. The molecule has 2 nitrogen and oxygen atoms in total. The number of pyridine rings is 1. The first-order chi connectivity index (χ1) is 11.8. The number of hydrogen-bond donors (Lipinski definition) is 0. The van der Waals surface area contributed by atoms with Crippen molar-refractivity contribution in [2.24, 2.45) is 7.05 Å². The summed E-state index contributed by atoms with van der Waals surface area (Å²) < 4.78 is 2.30. The second-order valence-corrected chi connectivity index (χ2v) is 6.51. The number of hydrogen-bond acceptors (Lipinski definition) is 1. The summed E-state index contributed by atoms with van der Waals surface area (Å²) in [6.07, 6.45) is 0. The summed E-state index contributed by atoms with van der Waals surface area (Å²) in [5, 5.41) is 2.51. The van der Waals surface area contributed by atoms with Crippen LogP contribution in [0.3, 0.4) is 0 Å².